The van der Waals surface area contributed by atoms with Crippen molar-refractivity contribution in [1.29, 1.82) is 0 Å². The number of fused-ring (bicyclic) bond motifs is 1. The fourth-order valence-electron chi connectivity index (χ4n) is 0.611. The summed E-state index contributed by atoms with van der Waals surface area (Å²) in [6, 6.07) is 0. The van der Waals surface area contributed by atoms with Crippen LogP contribution in [0.15, 0.2) is 12.5 Å². The molecule has 1 aliphatic rings. The van der Waals surface area contributed by atoms with Crippen LogP contribution in [0.1, 0.15) is 18.2 Å². The number of methoxy groups -OCH3 is 1. The van der Waals surface area contributed by atoms with Gasteiger partial charge in [-0.05, 0) is 5.56 Å². The Hall–Kier alpha value is -1.45. The van der Waals surface area contributed by atoms with E-state index in [0.717, 1.165) is 6.42 Å². The molecule has 0 unspecified atom stereocenters. The van der Waals surface area contributed by atoms with Crippen molar-refractivity contribution in [2.45, 2.75) is 13.3 Å². The van der Waals surface area contributed by atoms with Crippen LogP contribution in [-0.4, -0.2) is 23.0 Å². The third-order valence-corrected chi connectivity index (χ3v) is 1.40. The molecule has 0 atom stereocenters. The summed E-state index contributed by atoms with van der Waals surface area (Å²) in [5.41, 5.74) is 2.53. The van der Waals surface area contributed by atoms with Gasteiger partial charge in [0, 0.05) is 19.5 Å². The van der Waals surface area contributed by atoms with Crippen LogP contribution in [-0.2, 0) is 16.0 Å². The van der Waals surface area contributed by atoms with E-state index in [2.05, 4.69) is 14.7 Å². The molecular formula is C8H10N2O2. The molecule has 0 amide bonds. The summed E-state index contributed by atoms with van der Waals surface area (Å²) in [5, 5.41) is 0. The highest BCUT2D eigenvalue weighted by atomic mass is 16.5. The Morgan fingerprint density at radius 1 is 1.67 bits per heavy atom. The molecule has 0 saturated heterocycles. The summed E-state index contributed by atoms with van der Waals surface area (Å²) in [7, 11) is 1.35. The number of carbonyl (C=O) groups excluding carboxylic acids is 1. The first-order valence-corrected chi connectivity index (χ1v) is 3.56. The summed E-state index contributed by atoms with van der Waals surface area (Å²) in [4.78, 5) is 17.4. The second kappa shape index (κ2) is 3.80. The summed E-state index contributed by atoms with van der Waals surface area (Å²) in [6.07, 6.45) is 4.52. The van der Waals surface area contributed by atoms with E-state index in [1.165, 1.54) is 25.3 Å². The molecule has 64 valence electrons. The highest BCUT2D eigenvalue weighted by Crippen LogP contribution is 2.21. The van der Waals surface area contributed by atoms with Gasteiger partial charge in [-0.25, -0.2) is 9.97 Å². The Labute approximate surface area is 70.6 Å². The van der Waals surface area contributed by atoms with Crippen molar-refractivity contribution in [3.8, 4) is 0 Å². The molecule has 0 aromatic carbocycles. The summed E-state index contributed by atoms with van der Waals surface area (Å²) in [6.45, 7) is 1.36. The zero-order chi connectivity index (χ0) is 8.97. The first-order chi connectivity index (χ1) is 5.74. The molecule has 2 rings (SSSR count). The Morgan fingerprint density at radius 3 is 2.67 bits per heavy atom. The highest BCUT2D eigenvalue weighted by molar-refractivity contribution is 5.65. The SMILES string of the molecule is COC(C)=O.c1ncc2c(n1)C2. The molecule has 1 aliphatic carbocycles. The summed E-state index contributed by atoms with van der Waals surface area (Å²) in [5.74, 6) is -0.245. The van der Waals surface area contributed by atoms with E-state index in [4.69, 9.17) is 0 Å². The topological polar surface area (TPSA) is 52.1 Å². The van der Waals surface area contributed by atoms with Gasteiger partial charge in [0.25, 0.3) is 0 Å². The monoisotopic (exact) mass is 166 g/mol. The number of nitrogens with zero attached hydrogens (tertiary/aromatic N) is 2. The van der Waals surface area contributed by atoms with E-state index in [1.54, 1.807) is 6.33 Å². The first kappa shape index (κ1) is 8.64. The van der Waals surface area contributed by atoms with Gasteiger partial charge in [-0.1, -0.05) is 0 Å². The predicted octanol–water partition coefficient (Wildman–Crippen LogP) is 0.560. The van der Waals surface area contributed by atoms with Crippen molar-refractivity contribution in [2.24, 2.45) is 0 Å². The van der Waals surface area contributed by atoms with Gasteiger partial charge in [0.05, 0.1) is 12.8 Å². The molecule has 0 aliphatic heterocycles. The number of carbonyl (C=O) groups is 1. The second-order valence-corrected chi connectivity index (χ2v) is 2.37. The molecule has 1 aromatic rings. The smallest absolute Gasteiger partial charge is 0.302 e. The van der Waals surface area contributed by atoms with E-state index in [1.807, 2.05) is 6.20 Å². The van der Waals surface area contributed by atoms with Crippen molar-refractivity contribution in [2.75, 3.05) is 7.11 Å². The molecule has 0 saturated carbocycles. The van der Waals surface area contributed by atoms with Crippen LogP contribution < -0.4 is 0 Å². The van der Waals surface area contributed by atoms with E-state index in [-0.39, 0.29) is 5.97 Å². The van der Waals surface area contributed by atoms with Crippen molar-refractivity contribution < 1.29 is 9.53 Å². The molecule has 0 bridgehead atoms. The van der Waals surface area contributed by atoms with Crippen LogP contribution >= 0.6 is 0 Å². The predicted molar refractivity (Wildman–Crippen MR) is 42.5 cm³/mol. The average molecular weight is 166 g/mol. The van der Waals surface area contributed by atoms with Gasteiger partial charge in [0.2, 0.25) is 0 Å². The fraction of sp³-hybridized carbons (Fsp3) is 0.375. The number of esters is 1. The van der Waals surface area contributed by atoms with Crippen LogP contribution in [0.3, 0.4) is 0 Å². The minimum absolute atomic E-state index is 0.245. The van der Waals surface area contributed by atoms with Gasteiger partial charge in [0.15, 0.2) is 0 Å². The number of hydrogen-bond acceptors (Lipinski definition) is 4. The largest absolute Gasteiger partial charge is 0.469 e. The molecule has 0 fully saturated rings. The maximum absolute atomic E-state index is 9.59. The van der Waals surface area contributed by atoms with Crippen LogP contribution in [0.2, 0.25) is 0 Å². The van der Waals surface area contributed by atoms with Gasteiger partial charge in [-0.2, -0.15) is 0 Å². The van der Waals surface area contributed by atoms with Gasteiger partial charge in [-0.15, -0.1) is 0 Å². The van der Waals surface area contributed by atoms with Crippen LogP contribution in [0.5, 0.6) is 0 Å². The lowest BCUT2D eigenvalue weighted by molar-refractivity contribution is -0.137. The van der Waals surface area contributed by atoms with E-state index in [9.17, 15) is 4.79 Å². The van der Waals surface area contributed by atoms with Gasteiger partial charge >= 0.3 is 5.97 Å². The molecule has 1 heterocycles. The minimum Gasteiger partial charge on any atom is -0.469 e. The Morgan fingerprint density at radius 2 is 2.33 bits per heavy atom. The van der Waals surface area contributed by atoms with Crippen LogP contribution in [0.25, 0.3) is 0 Å². The number of hydrogen-bond donors (Lipinski definition) is 0. The molecule has 0 radical (unpaired) electrons. The molecule has 0 spiro atoms. The quantitative estimate of drug-likeness (QED) is 0.536. The third kappa shape index (κ3) is 2.65. The highest BCUT2D eigenvalue weighted by Gasteiger charge is 2.16. The third-order valence-electron chi connectivity index (χ3n) is 1.40. The van der Waals surface area contributed by atoms with Gasteiger partial charge in [0.1, 0.15) is 6.33 Å². The number of rotatable bonds is 0. The van der Waals surface area contributed by atoms with Crippen molar-refractivity contribution in [3.05, 3.63) is 23.8 Å². The van der Waals surface area contributed by atoms with E-state index >= 15 is 0 Å². The van der Waals surface area contributed by atoms with Crippen LogP contribution in [0, 0.1) is 0 Å². The minimum atomic E-state index is -0.245. The molecule has 4 nitrogen and oxygen atoms in total. The van der Waals surface area contributed by atoms with E-state index in [0.29, 0.717) is 0 Å². The molecule has 1 aromatic heterocycles. The summed E-state index contributed by atoms with van der Waals surface area (Å²) >= 11 is 0. The molecule has 4 heteroatoms. The lowest BCUT2D eigenvalue weighted by atomic mass is 10.7. The lowest BCUT2D eigenvalue weighted by Gasteiger charge is -1.80. The van der Waals surface area contributed by atoms with Gasteiger partial charge < -0.3 is 4.74 Å². The molecule has 12 heavy (non-hydrogen) atoms. The van der Waals surface area contributed by atoms with Crippen LogP contribution in [0.4, 0.5) is 0 Å². The standard InChI is InChI=1S/C5H4N2.C3H6O2/c1-4-2-6-3-7-5(1)4;1-3(4)5-2/h2-3H,1H2;1-2H3. The zero-order valence-corrected chi connectivity index (χ0v) is 7.07. The fourth-order valence-corrected chi connectivity index (χ4v) is 0.611. The van der Waals surface area contributed by atoms with E-state index < -0.39 is 0 Å². The maximum atomic E-state index is 9.59. The molecule has 0 N–H and O–H groups in total. The lowest BCUT2D eigenvalue weighted by Crippen LogP contribution is -1.88. The summed E-state index contributed by atoms with van der Waals surface area (Å²) < 4.78 is 4.11. The van der Waals surface area contributed by atoms with Crippen molar-refractivity contribution in [3.63, 3.8) is 0 Å². The average Bonchev–Trinajstić information content (AvgIpc) is 2.83. The molecular weight excluding hydrogens is 156 g/mol. The van der Waals surface area contributed by atoms with Crippen molar-refractivity contribution in [1.82, 2.24) is 9.97 Å². The zero-order valence-electron chi connectivity index (χ0n) is 7.07. The maximum Gasteiger partial charge on any atom is 0.302 e. The Kier molecular flexibility index (Phi) is 2.74. The number of aromatic nitrogens is 2. The first-order valence-electron chi connectivity index (χ1n) is 3.56. The second-order valence-electron chi connectivity index (χ2n) is 2.37. The van der Waals surface area contributed by atoms with Crippen molar-refractivity contribution >= 4 is 5.97 Å². The van der Waals surface area contributed by atoms with Gasteiger partial charge in [-0.3, -0.25) is 4.79 Å². The Balaban J connectivity index is 0.000000130. The Bertz CT molecular complexity index is 265. The number of ether oxygens (including phenoxy) is 1. The normalized spacial score (nSPS) is 10.5.